The Hall–Kier alpha value is -2.30. The molecule has 0 aromatic heterocycles. The van der Waals surface area contributed by atoms with Crippen molar-refractivity contribution in [1.82, 2.24) is 10.6 Å². The zero-order valence-corrected chi connectivity index (χ0v) is 23.5. The molecule has 2 aromatic carbocycles. The highest BCUT2D eigenvalue weighted by molar-refractivity contribution is 6.31. The van der Waals surface area contributed by atoms with Crippen molar-refractivity contribution < 1.29 is 28.6 Å². The first-order valence-electron chi connectivity index (χ1n) is 12.9. The highest BCUT2D eigenvalue weighted by Crippen LogP contribution is 2.57. The first-order valence-corrected chi connectivity index (χ1v) is 13.6. The average Bonchev–Trinajstić information content (AvgIpc) is 3.33. The lowest BCUT2D eigenvalue weighted by Crippen LogP contribution is -2.49. The summed E-state index contributed by atoms with van der Waals surface area (Å²) in [5.41, 5.74) is -0.577. The van der Waals surface area contributed by atoms with Crippen molar-refractivity contribution in [3.8, 4) is 0 Å². The van der Waals surface area contributed by atoms with E-state index in [0.29, 0.717) is 29.7 Å². The van der Waals surface area contributed by atoms with Gasteiger partial charge < -0.3 is 26.2 Å². The van der Waals surface area contributed by atoms with Gasteiger partial charge in [-0.2, -0.15) is 0 Å². The number of aliphatic hydroxyl groups excluding tert-OH is 2. The Balaban J connectivity index is 1.85. The third kappa shape index (κ3) is 5.65. The minimum Gasteiger partial charge on any atom is -0.394 e. The van der Waals surface area contributed by atoms with Crippen molar-refractivity contribution in [2.45, 2.75) is 69.6 Å². The Morgan fingerprint density at radius 3 is 2.49 bits per heavy atom. The van der Waals surface area contributed by atoms with Gasteiger partial charge in [0.15, 0.2) is 0 Å². The van der Waals surface area contributed by atoms with E-state index in [9.17, 15) is 23.5 Å². The van der Waals surface area contributed by atoms with E-state index in [1.54, 1.807) is 0 Å². The lowest BCUT2D eigenvalue weighted by atomic mass is 9.62. The molecule has 1 spiro atoms. The van der Waals surface area contributed by atoms with E-state index in [2.05, 4.69) is 16.0 Å². The van der Waals surface area contributed by atoms with Gasteiger partial charge in [0.05, 0.1) is 28.8 Å². The maximum absolute atomic E-state index is 14.9. The van der Waals surface area contributed by atoms with Gasteiger partial charge in [0.1, 0.15) is 17.0 Å². The standard InChI is InChI=1S/C28H33Cl2F2N3O4/c1-27(2,3)12-22-28(16-10-20(32)18(30)11-21(16)34-26(28)39)23(14-6-7-19(31)17(29)9-14)24(35-22)25(38)33-8-4-5-15(37)13-36/h6-7,9-11,15,22-24,35-37H,4-5,8,12-13H2,1-3H3,(H,33,38)(H,34,39). The first kappa shape index (κ1) is 29.7. The SMILES string of the molecule is CC(C)(C)CC1NC(C(=O)NCCCC(O)CO)C(c2ccc(F)c(Cl)c2)C12C(=O)Nc1cc(Cl)c(F)cc12. The summed E-state index contributed by atoms with van der Waals surface area (Å²) in [5.74, 6) is -3.07. The Morgan fingerprint density at radius 2 is 1.85 bits per heavy atom. The van der Waals surface area contributed by atoms with Crippen LogP contribution in [0.4, 0.5) is 14.5 Å². The summed E-state index contributed by atoms with van der Waals surface area (Å²) in [6, 6.07) is 5.11. The number of anilines is 1. The molecule has 1 saturated heterocycles. The monoisotopic (exact) mass is 583 g/mol. The third-order valence-electron chi connectivity index (χ3n) is 7.51. The second-order valence-corrected chi connectivity index (χ2v) is 12.3. The number of carbonyl (C=O) groups excluding carboxylic acids is 2. The fraction of sp³-hybridized carbons (Fsp3) is 0.500. The maximum atomic E-state index is 14.9. The third-order valence-corrected chi connectivity index (χ3v) is 8.09. The molecule has 0 radical (unpaired) electrons. The largest absolute Gasteiger partial charge is 0.394 e. The number of amides is 2. The molecule has 2 aliphatic heterocycles. The quantitative estimate of drug-likeness (QED) is 0.298. The second-order valence-electron chi connectivity index (χ2n) is 11.5. The van der Waals surface area contributed by atoms with E-state index >= 15 is 0 Å². The number of halogens is 4. The molecule has 7 nitrogen and oxygen atoms in total. The molecule has 0 bridgehead atoms. The van der Waals surface area contributed by atoms with Gasteiger partial charge in [-0.25, -0.2) is 8.78 Å². The zero-order valence-electron chi connectivity index (χ0n) is 22.0. The van der Waals surface area contributed by atoms with Crippen LogP contribution in [-0.4, -0.2) is 53.4 Å². The van der Waals surface area contributed by atoms with Crippen molar-refractivity contribution in [1.29, 1.82) is 0 Å². The lowest BCUT2D eigenvalue weighted by molar-refractivity contribution is -0.123. The Bertz CT molecular complexity index is 1270. The molecule has 5 N–H and O–H groups in total. The van der Waals surface area contributed by atoms with Gasteiger partial charge in [-0.3, -0.25) is 9.59 Å². The average molecular weight is 584 g/mol. The van der Waals surface area contributed by atoms with Crippen LogP contribution >= 0.6 is 23.2 Å². The second kappa shape index (κ2) is 11.3. The van der Waals surface area contributed by atoms with Crippen LogP contribution in [0, 0.1) is 17.0 Å². The Labute approximate surface area is 236 Å². The smallest absolute Gasteiger partial charge is 0.237 e. The summed E-state index contributed by atoms with van der Waals surface area (Å²) in [7, 11) is 0. The van der Waals surface area contributed by atoms with E-state index in [1.807, 2.05) is 20.8 Å². The molecule has 2 aliphatic rings. The van der Waals surface area contributed by atoms with Crippen molar-refractivity contribution >= 4 is 40.7 Å². The van der Waals surface area contributed by atoms with E-state index in [-0.39, 0.29) is 35.0 Å². The lowest BCUT2D eigenvalue weighted by Gasteiger charge is -2.37. The first-order chi connectivity index (χ1) is 18.3. The molecule has 0 aliphatic carbocycles. The van der Waals surface area contributed by atoms with E-state index in [0.717, 1.165) is 0 Å². The maximum Gasteiger partial charge on any atom is 0.237 e. The van der Waals surface area contributed by atoms with E-state index in [1.165, 1.54) is 30.3 Å². The molecule has 39 heavy (non-hydrogen) atoms. The van der Waals surface area contributed by atoms with Gasteiger partial charge in [-0.15, -0.1) is 0 Å². The summed E-state index contributed by atoms with van der Waals surface area (Å²) in [6.45, 7) is 5.85. The molecule has 4 rings (SSSR count). The van der Waals surface area contributed by atoms with Gasteiger partial charge in [0.25, 0.3) is 0 Å². The highest BCUT2D eigenvalue weighted by atomic mass is 35.5. The van der Waals surface area contributed by atoms with Gasteiger partial charge in [0, 0.05) is 24.2 Å². The number of rotatable bonds is 8. The van der Waals surface area contributed by atoms with Crippen LogP contribution in [0.2, 0.25) is 10.0 Å². The van der Waals surface area contributed by atoms with Crippen LogP contribution in [0.5, 0.6) is 0 Å². The summed E-state index contributed by atoms with van der Waals surface area (Å²) in [5, 5.41) is 27.4. The normalized spacial score (nSPS) is 25.1. The van der Waals surface area contributed by atoms with Crippen LogP contribution in [0.3, 0.4) is 0 Å². The Kier molecular flexibility index (Phi) is 8.59. The number of carbonyl (C=O) groups is 2. The van der Waals surface area contributed by atoms with Crippen LogP contribution in [0.25, 0.3) is 0 Å². The number of aliphatic hydroxyl groups is 2. The molecule has 2 heterocycles. The molecule has 2 aromatic rings. The number of fused-ring (bicyclic) bond motifs is 2. The zero-order chi connectivity index (χ0) is 28.7. The highest BCUT2D eigenvalue weighted by Gasteiger charge is 2.65. The van der Waals surface area contributed by atoms with Crippen molar-refractivity contribution in [3.63, 3.8) is 0 Å². The molecule has 5 unspecified atom stereocenters. The number of hydrogen-bond acceptors (Lipinski definition) is 5. The summed E-state index contributed by atoms with van der Waals surface area (Å²) in [4.78, 5) is 27.7. The number of nitrogens with one attached hydrogen (secondary N) is 3. The minimum atomic E-state index is -1.44. The summed E-state index contributed by atoms with van der Waals surface area (Å²) in [6.07, 6.45) is 0.261. The minimum absolute atomic E-state index is 0.148. The van der Waals surface area contributed by atoms with Crippen LogP contribution in [-0.2, 0) is 15.0 Å². The molecule has 0 saturated carbocycles. The number of benzene rings is 2. The molecular weight excluding hydrogens is 551 g/mol. The van der Waals surface area contributed by atoms with Gasteiger partial charge >= 0.3 is 0 Å². The molecule has 2 amide bonds. The van der Waals surface area contributed by atoms with Crippen LogP contribution in [0.15, 0.2) is 30.3 Å². The topological polar surface area (TPSA) is 111 Å². The Morgan fingerprint density at radius 1 is 1.15 bits per heavy atom. The fourth-order valence-electron chi connectivity index (χ4n) is 5.89. The molecular formula is C28H33Cl2F2N3O4. The molecule has 5 atom stereocenters. The van der Waals surface area contributed by atoms with E-state index < -0.39 is 53.0 Å². The van der Waals surface area contributed by atoms with Crippen molar-refractivity contribution in [2.24, 2.45) is 5.41 Å². The van der Waals surface area contributed by atoms with Gasteiger partial charge in [-0.1, -0.05) is 50.0 Å². The van der Waals surface area contributed by atoms with E-state index in [4.69, 9.17) is 28.3 Å². The molecule has 1 fully saturated rings. The molecule has 11 heteroatoms. The van der Waals surface area contributed by atoms with Crippen LogP contribution in [0.1, 0.15) is 57.1 Å². The summed E-state index contributed by atoms with van der Waals surface area (Å²) >= 11 is 12.2. The molecule has 212 valence electrons. The fourth-order valence-corrected chi connectivity index (χ4v) is 6.24. The van der Waals surface area contributed by atoms with Crippen molar-refractivity contribution in [2.75, 3.05) is 18.5 Å². The summed E-state index contributed by atoms with van der Waals surface area (Å²) < 4.78 is 29.1. The van der Waals surface area contributed by atoms with Gasteiger partial charge in [0.2, 0.25) is 11.8 Å². The van der Waals surface area contributed by atoms with Crippen molar-refractivity contribution in [3.05, 3.63) is 63.1 Å². The predicted octanol–water partition coefficient (Wildman–Crippen LogP) is 4.27. The van der Waals surface area contributed by atoms with Crippen LogP contribution < -0.4 is 16.0 Å². The number of hydrogen-bond donors (Lipinski definition) is 5. The predicted molar refractivity (Wildman–Crippen MR) is 146 cm³/mol. The van der Waals surface area contributed by atoms with Gasteiger partial charge in [-0.05, 0) is 60.1 Å².